The molecule has 0 saturated heterocycles. The second kappa shape index (κ2) is 10.3. The number of nitro benzene ring substituents is 1. The average Bonchev–Trinajstić information content (AvgIpc) is 3.16. The number of halogens is 3. The summed E-state index contributed by atoms with van der Waals surface area (Å²) in [6.07, 6.45) is -5.16. The Morgan fingerprint density at radius 2 is 1.91 bits per heavy atom. The van der Waals surface area contributed by atoms with Crippen LogP contribution in [0, 0.1) is 10.1 Å². The van der Waals surface area contributed by atoms with E-state index >= 15 is 0 Å². The van der Waals surface area contributed by atoms with Gasteiger partial charge in [0.2, 0.25) is 12.3 Å². The summed E-state index contributed by atoms with van der Waals surface area (Å²) in [6, 6.07) is 5.15. The fourth-order valence-corrected chi connectivity index (χ4v) is 2.56. The van der Waals surface area contributed by atoms with Gasteiger partial charge in [-0.25, -0.2) is 14.6 Å². The first-order valence-electron chi connectivity index (χ1n) is 8.13. The van der Waals surface area contributed by atoms with Crippen molar-refractivity contribution in [3.8, 4) is 0 Å². The monoisotopic (exact) mass is 476 g/mol. The SMILES string of the molecule is O=C(CO/N=C(/C(=O)O)c1csc(NC(=O)C(F)(F)F)n1)OCc1ccc([N+](=O)[O-])cc1. The number of oxime groups is 1. The van der Waals surface area contributed by atoms with Gasteiger partial charge in [0.25, 0.3) is 5.69 Å². The number of nitrogens with zero attached hydrogens (tertiary/aromatic N) is 3. The number of anilines is 1. The highest BCUT2D eigenvalue weighted by atomic mass is 32.1. The van der Waals surface area contributed by atoms with Crippen LogP contribution >= 0.6 is 11.3 Å². The third kappa shape index (κ3) is 7.01. The Kier molecular flexibility index (Phi) is 7.78. The van der Waals surface area contributed by atoms with Crippen LogP contribution in [0.15, 0.2) is 34.8 Å². The predicted molar refractivity (Wildman–Crippen MR) is 99.8 cm³/mol. The minimum absolute atomic E-state index is 0.151. The van der Waals surface area contributed by atoms with E-state index in [1.807, 2.05) is 0 Å². The van der Waals surface area contributed by atoms with E-state index in [1.165, 1.54) is 29.6 Å². The van der Waals surface area contributed by atoms with Gasteiger partial charge in [-0.3, -0.25) is 20.2 Å². The predicted octanol–water partition coefficient (Wildman–Crippen LogP) is 2.10. The van der Waals surface area contributed by atoms with E-state index in [-0.39, 0.29) is 12.3 Å². The Hall–Kier alpha value is -4.08. The number of nitro groups is 1. The number of carbonyl (C=O) groups excluding carboxylic acids is 2. The molecule has 0 aliphatic rings. The smallest absolute Gasteiger partial charge is 0.471 e. The molecule has 1 amide bonds. The lowest BCUT2D eigenvalue weighted by atomic mass is 10.2. The van der Waals surface area contributed by atoms with Crippen LogP contribution in [0.25, 0.3) is 0 Å². The molecule has 0 aliphatic carbocycles. The first kappa shape index (κ1) is 24.2. The molecule has 0 radical (unpaired) electrons. The molecular formula is C16H11F3N4O8S. The standard InChI is InChI=1S/C16H11F3N4O8S/c17-16(18,19)14(27)21-15-20-10(7-32-15)12(13(25)26)22-31-6-11(24)30-5-8-1-3-9(4-2-8)23(28)29/h1-4,7H,5-6H2,(H,25,26)(H,20,21,27)/b22-12+. The Balaban J connectivity index is 1.92. The zero-order chi connectivity index (χ0) is 23.9. The minimum atomic E-state index is -5.16. The molecule has 0 aliphatic heterocycles. The molecule has 0 unspecified atom stereocenters. The number of non-ortho nitro benzene ring substituents is 1. The lowest BCUT2D eigenvalue weighted by Gasteiger charge is -2.05. The van der Waals surface area contributed by atoms with E-state index in [4.69, 9.17) is 9.84 Å². The van der Waals surface area contributed by atoms with Crippen molar-refractivity contribution in [2.75, 3.05) is 11.9 Å². The second-order valence-corrected chi connectivity index (χ2v) is 6.45. The normalized spacial score (nSPS) is 11.5. The molecule has 16 heteroatoms. The van der Waals surface area contributed by atoms with Gasteiger partial charge in [0.15, 0.2) is 5.13 Å². The van der Waals surface area contributed by atoms with Crippen LogP contribution in [0.2, 0.25) is 0 Å². The first-order chi connectivity index (χ1) is 15.0. The number of carboxylic acids is 1. The molecule has 1 aromatic carbocycles. The number of rotatable bonds is 9. The molecule has 0 fully saturated rings. The lowest BCUT2D eigenvalue weighted by molar-refractivity contribution is -0.384. The van der Waals surface area contributed by atoms with E-state index in [0.29, 0.717) is 16.9 Å². The molecule has 170 valence electrons. The van der Waals surface area contributed by atoms with Gasteiger partial charge in [-0.1, -0.05) is 5.16 Å². The largest absolute Gasteiger partial charge is 0.476 e. The van der Waals surface area contributed by atoms with Crippen LogP contribution in [0.1, 0.15) is 11.3 Å². The highest BCUT2D eigenvalue weighted by Gasteiger charge is 2.39. The Labute approximate surface area is 179 Å². The number of ether oxygens (including phenoxy) is 1. The summed E-state index contributed by atoms with van der Waals surface area (Å²) in [4.78, 5) is 51.9. The number of carbonyl (C=O) groups is 3. The van der Waals surface area contributed by atoms with Gasteiger partial charge in [-0.05, 0) is 17.7 Å². The molecule has 2 rings (SSSR count). The van der Waals surface area contributed by atoms with Gasteiger partial charge in [-0.15, -0.1) is 11.3 Å². The molecular weight excluding hydrogens is 465 g/mol. The first-order valence-corrected chi connectivity index (χ1v) is 9.01. The van der Waals surface area contributed by atoms with E-state index in [9.17, 15) is 37.7 Å². The van der Waals surface area contributed by atoms with Crippen molar-refractivity contribution in [2.45, 2.75) is 12.8 Å². The van der Waals surface area contributed by atoms with Crippen molar-refractivity contribution < 1.29 is 47.2 Å². The highest BCUT2D eigenvalue weighted by Crippen LogP contribution is 2.21. The third-order valence-corrected chi connectivity index (χ3v) is 4.07. The zero-order valence-corrected chi connectivity index (χ0v) is 16.3. The molecule has 2 N–H and O–H groups in total. The molecule has 0 bridgehead atoms. The van der Waals surface area contributed by atoms with E-state index in [2.05, 4.69) is 15.0 Å². The van der Waals surface area contributed by atoms with Crippen molar-refractivity contribution in [1.29, 1.82) is 0 Å². The third-order valence-electron chi connectivity index (χ3n) is 3.31. The van der Waals surface area contributed by atoms with Crippen molar-refractivity contribution in [2.24, 2.45) is 5.16 Å². The Morgan fingerprint density at radius 1 is 1.25 bits per heavy atom. The van der Waals surface area contributed by atoms with Gasteiger partial charge < -0.3 is 14.7 Å². The molecule has 32 heavy (non-hydrogen) atoms. The average molecular weight is 476 g/mol. The topological polar surface area (TPSA) is 170 Å². The maximum absolute atomic E-state index is 12.2. The van der Waals surface area contributed by atoms with Gasteiger partial charge in [-0.2, -0.15) is 13.2 Å². The lowest BCUT2D eigenvalue weighted by Crippen LogP contribution is -2.29. The van der Waals surface area contributed by atoms with Crippen LogP contribution in [0.4, 0.5) is 24.0 Å². The summed E-state index contributed by atoms with van der Waals surface area (Å²) in [5.41, 5.74) is -0.965. The van der Waals surface area contributed by atoms with Crippen LogP contribution in [0.3, 0.4) is 0 Å². The van der Waals surface area contributed by atoms with E-state index in [1.54, 1.807) is 0 Å². The van der Waals surface area contributed by atoms with Crippen LogP contribution in [0.5, 0.6) is 0 Å². The van der Waals surface area contributed by atoms with Gasteiger partial charge in [0.1, 0.15) is 12.3 Å². The summed E-state index contributed by atoms with van der Waals surface area (Å²) < 4.78 is 41.6. The summed E-state index contributed by atoms with van der Waals surface area (Å²) in [7, 11) is 0. The number of carboxylic acid groups (broad SMARTS) is 1. The zero-order valence-electron chi connectivity index (χ0n) is 15.5. The number of benzene rings is 1. The summed E-state index contributed by atoms with van der Waals surface area (Å²) in [5, 5.41) is 24.9. The van der Waals surface area contributed by atoms with Gasteiger partial charge in [0.05, 0.1) is 4.92 Å². The number of aromatic nitrogens is 1. The van der Waals surface area contributed by atoms with Crippen LogP contribution in [-0.4, -0.2) is 51.4 Å². The molecule has 1 heterocycles. The molecule has 0 saturated carbocycles. The van der Waals surface area contributed by atoms with Gasteiger partial charge in [0, 0.05) is 17.5 Å². The summed E-state index contributed by atoms with van der Waals surface area (Å²) >= 11 is 0.511. The van der Waals surface area contributed by atoms with Crippen molar-refractivity contribution in [3.63, 3.8) is 0 Å². The maximum atomic E-state index is 12.2. The number of hydrogen-bond acceptors (Lipinski definition) is 10. The number of alkyl halides is 3. The number of amides is 1. The number of hydrogen-bond donors (Lipinski definition) is 2. The van der Waals surface area contributed by atoms with Crippen molar-refractivity contribution >= 4 is 45.7 Å². The van der Waals surface area contributed by atoms with Crippen molar-refractivity contribution in [1.82, 2.24) is 4.98 Å². The molecule has 0 spiro atoms. The molecule has 1 aromatic heterocycles. The number of nitrogens with one attached hydrogen (secondary N) is 1. The maximum Gasteiger partial charge on any atom is 0.471 e. The Morgan fingerprint density at radius 3 is 2.47 bits per heavy atom. The summed E-state index contributed by atoms with van der Waals surface area (Å²) in [6.45, 7) is -1.06. The summed E-state index contributed by atoms with van der Waals surface area (Å²) in [5.74, 6) is -4.91. The molecule has 0 atom stereocenters. The van der Waals surface area contributed by atoms with Gasteiger partial charge >= 0.3 is 24.0 Å². The number of esters is 1. The Bertz CT molecular complexity index is 1050. The minimum Gasteiger partial charge on any atom is -0.476 e. The molecule has 2 aromatic rings. The van der Waals surface area contributed by atoms with Crippen LogP contribution < -0.4 is 5.32 Å². The number of aliphatic carboxylic acids is 1. The van der Waals surface area contributed by atoms with Crippen molar-refractivity contribution in [3.05, 3.63) is 51.0 Å². The highest BCUT2D eigenvalue weighted by molar-refractivity contribution is 7.14. The fourth-order valence-electron chi connectivity index (χ4n) is 1.87. The quantitative estimate of drug-likeness (QED) is 0.238. The van der Waals surface area contributed by atoms with E-state index < -0.39 is 52.1 Å². The van der Waals surface area contributed by atoms with Crippen LogP contribution in [-0.2, 0) is 30.6 Å². The number of thiazole rings is 1. The second-order valence-electron chi connectivity index (χ2n) is 5.59. The molecule has 12 nitrogen and oxygen atoms in total. The van der Waals surface area contributed by atoms with E-state index in [0.717, 1.165) is 5.38 Å². The fraction of sp³-hybridized carbons (Fsp3) is 0.188.